The topological polar surface area (TPSA) is 26.6 Å². The van der Waals surface area contributed by atoms with Crippen LogP contribution in [0.3, 0.4) is 0 Å². The third kappa shape index (κ3) is 3.10. The molecule has 1 aromatic heterocycles. The maximum absolute atomic E-state index is 13.2. The highest BCUT2D eigenvalue weighted by Gasteiger charge is 2.28. The Morgan fingerprint density at radius 2 is 1.92 bits per heavy atom. The van der Waals surface area contributed by atoms with E-state index in [9.17, 15) is 4.39 Å². The fourth-order valence-corrected chi connectivity index (χ4v) is 3.13. The first-order chi connectivity index (χ1) is 12.2. The summed E-state index contributed by atoms with van der Waals surface area (Å²) in [5.41, 5.74) is 3.04. The van der Waals surface area contributed by atoms with Crippen molar-refractivity contribution in [3.63, 3.8) is 0 Å². The number of hydrogen-bond acceptors (Lipinski definition) is 3. The molecular formula is C20H19FN2O2. The zero-order valence-electron chi connectivity index (χ0n) is 13.9. The monoisotopic (exact) mass is 338 g/mol. The van der Waals surface area contributed by atoms with Gasteiger partial charge in [0.1, 0.15) is 11.6 Å². The molecule has 0 saturated carbocycles. The van der Waals surface area contributed by atoms with Gasteiger partial charge in [0, 0.05) is 41.9 Å². The summed E-state index contributed by atoms with van der Waals surface area (Å²) >= 11 is 0. The van der Waals surface area contributed by atoms with Crippen LogP contribution in [-0.4, -0.2) is 24.8 Å². The number of methoxy groups -OCH3 is 1. The molecule has 1 atom stereocenters. The van der Waals surface area contributed by atoms with Crippen molar-refractivity contribution in [2.45, 2.75) is 6.23 Å². The van der Waals surface area contributed by atoms with E-state index in [1.54, 1.807) is 19.2 Å². The first kappa shape index (κ1) is 15.7. The highest BCUT2D eigenvalue weighted by atomic mass is 19.1. The molecule has 25 heavy (non-hydrogen) atoms. The minimum Gasteiger partial charge on any atom is -0.497 e. The van der Waals surface area contributed by atoms with Gasteiger partial charge in [0.25, 0.3) is 0 Å². The standard InChI is InChI=1S/C20H19FN2O2/c1-24-19-4-2-3-18(13-19)22-10-9-15(14-22)20-23(11-12-25-20)17-7-5-16(21)6-8-17/h2-10,13-14,20H,11-12H2,1H3/t20-/m0/s1. The molecule has 1 fully saturated rings. The van der Waals surface area contributed by atoms with Crippen LogP contribution in [0.2, 0.25) is 0 Å². The fraction of sp³-hybridized carbons (Fsp3) is 0.200. The second-order valence-corrected chi connectivity index (χ2v) is 5.95. The van der Waals surface area contributed by atoms with E-state index in [2.05, 4.69) is 11.1 Å². The molecule has 1 saturated heterocycles. The van der Waals surface area contributed by atoms with E-state index in [1.807, 2.05) is 41.1 Å². The largest absolute Gasteiger partial charge is 0.497 e. The molecule has 0 aliphatic carbocycles. The summed E-state index contributed by atoms with van der Waals surface area (Å²) in [5.74, 6) is 0.586. The van der Waals surface area contributed by atoms with Gasteiger partial charge in [-0.05, 0) is 42.5 Å². The number of anilines is 1. The number of nitrogens with zero attached hydrogens (tertiary/aromatic N) is 2. The molecule has 1 aliphatic heterocycles. The van der Waals surface area contributed by atoms with Gasteiger partial charge in [0.05, 0.1) is 13.7 Å². The van der Waals surface area contributed by atoms with Gasteiger partial charge in [0.15, 0.2) is 6.23 Å². The molecule has 0 N–H and O–H groups in total. The number of aromatic nitrogens is 1. The quantitative estimate of drug-likeness (QED) is 0.715. The van der Waals surface area contributed by atoms with E-state index >= 15 is 0 Å². The van der Waals surface area contributed by atoms with Crippen molar-refractivity contribution >= 4 is 5.69 Å². The number of hydrogen-bond donors (Lipinski definition) is 0. The summed E-state index contributed by atoms with van der Waals surface area (Å²) in [6.45, 7) is 1.42. The highest BCUT2D eigenvalue weighted by molar-refractivity contribution is 5.49. The lowest BCUT2D eigenvalue weighted by atomic mass is 10.2. The number of benzene rings is 2. The maximum Gasteiger partial charge on any atom is 0.158 e. The molecule has 3 aromatic rings. The van der Waals surface area contributed by atoms with E-state index in [1.165, 1.54) is 12.1 Å². The normalized spacial score (nSPS) is 17.0. The van der Waals surface area contributed by atoms with Crippen LogP contribution in [0.1, 0.15) is 11.8 Å². The summed E-state index contributed by atoms with van der Waals surface area (Å²) < 4.78 is 26.4. The van der Waals surface area contributed by atoms with E-state index in [-0.39, 0.29) is 12.0 Å². The van der Waals surface area contributed by atoms with Crippen molar-refractivity contribution < 1.29 is 13.9 Å². The Morgan fingerprint density at radius 1 is 1.08 bits per heavy atom. The van der Waals surface area contributed by atoms with Crippen LogP contribution >= 0.6 is 0 Å². The molecule has 0 bridgehead atoms. The summed E-state index contributed by atoms with van der Waals surface area (Å²) in [6, 6.07) is 16.5. The summed E-state index contributed by atoms with van der Waals surface area (Å²) in [5, 5.41) is 0. The zero-order chi connectivity index (χ0) is 17.2. The molecule has 1 aliphatic rings. The van der Waals surface area contributed by atoms with Gasteiger partial charge in [0.2, 0.25) is 0 Å². The van der Waals surface area contributed by atoms with Crippen LogP contribution < -0.4 is 9.64 Å². The van der Waals surface area contributed by atoms with Crippen molar-refractivity contribution in [2.24, 2.45) is 0 Å². The van der Waals surface area contributed by atoms with Gasteiger partial charge in [-0.1, -0.05) is 6.07 Å². The van der Waals surface area contributed by atoms with Gasteiger partial charge in [-0.15, -0.1) is 0 Å². The fourth-order valence-electron chi connectivity index (χ4n) is 3.13. The second kappa shape index (κ2) is 6.61. The molecule has 4 rings (SSSR count). The Bertz CT molecular complexity index is 860. The first-order valence-electron chi connectivity index (χ1n) is 8.21. The number of rotatable bonds is 4. The minimum atomic E-state index is -0.232. The van der Waals surface area contributed by atoms with Gasteiger partial charge < -0.3 is 18.9 Å². The highest BCUT2D eigenvalue weighted by Crippen LogP contribution is 2.33. The smallest absolute Gasteiger partial charge is 0.158 e. The van der Waals surface area contributed by atoms with E-state index in [0.717, 1.165) is 29.2 Å². The lowest BCUT2D eigenvalue weighted by molar-refractivity contribution is 0.114. The van der Waals surface area contributed by atoms with E-state index in [4.69, 9.17) is 9.47 Å². The Labute approximate surface area is 146 Å². The van der Waals surface area contributed by atoms with Crippen LogP contribution in [0.15, 0.2) is 67.0 Å². The summed E-state index contributed by atoms with van der Waals surface area (Å²) in [7, 11) is 1.66. The molecule has 2 heterocycles. The van der Waals surface area contributed by atoms with E-state index < -0.39 is 0 Å². The van der Waals surface area contributed by atoms with Crippen LogP contribution in [0, 0.1) is 5.82 Å². The van der Waals surface area contributed by atoms with E-state index in [0.29, 0.717) is 6.61 Å². The van der Waals surface area contributed by atoms with Crippen molar-refractivity contribution in [1.82, 2.24) is 4.57 Å². The van der Waals surface area contributed by atoms with Gasteiger partial charge >= 0.3 is 0 Å². The van der Waals surface area contributed by atoms with Crippen LogP contribution in [0.4, 0.5) is 10.1 Å². The molecule has 0 spiro atoms. The van der Waals surface area contributed by atoms with Gasteiger partial charge in [-0.25, -0.2) is 4.39 Å². The van der Waals surface area contributed by atoms with Gasteiger partial charge in [-0.3, -0.25) is 0 Å². The second-order valence-electron chi connectivity index (χ2n) is 5.95. The molecule has 4 nitrogen and oxygen atoms in total. The third-order valence-corrected chi connectivity index (χ3v) is 4.40. The average Bonchev–Trinajstić information content (AvgIpc) is 3.31. The predicted molar refractivity (Wildman–Crippen MR) is 94.8 cm³/mol. The van der Waals surface area contributed by atoms with Crippen molar-refractivity contribution in [3.8, 4) is 11.4 Å². The molecular weight excluding hydrogens is 319 g/mol. The van der Waals surface area contributed by atoms with Crippen molar-refractivity contribution in [3.05, 3.63) is 78.4 Å². The molecule has 5 heteroatoms. The lowest BCUT2D eigenvalue weighted by Gasteiger charge is -2.24. The van der Waals surface area contributed by atoms with Crippen molar-refractivity contribution in [1.29, 1.82) is 0 Å². The molecule has 2 aromatic carbocycles. The van der Waals surface area contributed by atoms with Crippen LogP contribution in [0.5, 0.6) is 5.75 Å². The Morgan fingerprint density at radius 3 is 2.72 bits per heavy atom. The zero-order valence-corrected chi connectivity index (χ0v) is 13.9. The molecule has 0 radical (unpaired) electrons. The number of halogens is 1. The number of ether oxygens (including phenoxy) is 2. The molecule has 0 amide bonds. The maximum atomic E-state index is 13.2. The SMILES string of the molecule is COc1cccc(-n2ccc([C@@H]3OCCN3c3ccc(F)cc3)c2)c1. The first-order valence-corrected chi connectivity index (χ1v) is 8.21. The van der Waals surface area contributed by atoms with Gasteiger partial charge in [-0.2, -0.15) is 0 Å². The lowest BCUT2D eigenvalue weighted by Crippen LogP contribution is -2.22. The Balaban J connectivity index is 1.61. The average molecular weight is 338 g/mol. The third-order valence-electron chi connectivity index (χ3n) is 4.40. The van der Waals surface area contributed by atoms with Crippen LogP contribution in [-0.2, 0) is 4.74 Å². The summed E-state index contributed by atoms with van der Waals surface area (Å²) in [6.07, 6.45) is 3.90. The van der Waals surface area contributed by atoms with Crippen molar-refractivity contribution in [2.75, 3.05) is 25.2 Å². The Kier molecular flexibility index (Phi) is 4.15. The van der Waals surface area contributed by atoms with Crippen LogP contribution in [0.25, 0.3) is 5.69 Å². The Hall–Kier alpha value is -2.79. The molecule has 128 valence electrons. The molecule has 0 unspecified atom stereocenters. The summed E-state index contributed by atoms with van der Waals surface area (Å²) in [4.78, 5) is 2.14. The minimum absolute atomic E-state index is 0.169. The predicted octanol–water partition coefficient (Wildman–Crippen LogP) is 4.16.